The van der Waals surface area contributed by atoms with E-state index in [2.05, 4.69) is 24.1 Å². The van der Waals surface area contributed by atoms with Crippen LogP contribution < -0.4 is 0 Å². The van der Waals surface area contributed by atoms with Gasteiger partial charge in [-0.3, -0.25) is 9.69 Å². The van der Waals surface area contributed by atoms with Crippen molar-refractivity contribution in [1.82, 2.24) is 4.90 Å². The molecule has 1 saturated heterocycles. The molecule has 2 rings (SSSR count). The second-order valence-corrected chi connectivity index (χ2v) is 4.80. The fraction of sp³-hybridized carbons (Fsp3) is 0.750. The quantitative estimate of drug-likeness (QED) is 0.563. The summed E-state index contributed by atoms with van der Waals surface area (Å²) in [6.07, 6.45) is 6.12. The molecule has 4 nitrogen and oxygen atoms in total. The molecular formula is C12H19NO3. The van der Waals surface area contributed by atoms with Gasteiger partial charge in [0.15, 0.2) is 0 Å². The van der Waals surface area contributed by atoms with Crippen molar-refractivity contribution in [2.75, 3.05) is 13.7 Å². The molecule has 0 aromatic carbocycles. The van der Waals surface area contributed by atoms with Crippen molar-refractivity contribution in [3.05, 3.63) is 12.2 Å². The zero-order valence-corrected chi connectivity index (χ0v) is 9.80. The van der Waals surface area contributed by atoms with Crippen molar-refractivity contribution in [2.45, 2.75) is 38.0 Å². The summed E-state index contributed by atoms with van der Waals surface area (Å²) in [5, 5.41) is 8.87. The highest BCUT2D eigenvalue weighted by atomic mass is 16.5. The van der Waals surface area contributed by atoms with Gasteiger partial charge in [-0.05, 0) is 14.0 Å². The van der Waals surface area contributed by atoms with Gasteiger partial charge in [-0.15, -0.1) is 0 Å². The number of likely N-dealkylation sites (N-methyl/N-ethyl adjacent to an activating group) is 1. The summed E-state index contributed by atoms with van der Waals surface area (Å²) in [6.45, 7) is 1.54. The molecular weight excluding hydrogens is 206 g/mol. The molecule has 2 aliphatic rings. The fourth-order valence-corrected chi connectivity index (χ4v) is 2.35. The van der Waals surface area contributed by atoms with Crippen LogP contribution in [0, 0.1) is 5.92 Å². The van der Waals surface area contributed by atoms with Crippen LogP contribution in [-0.2, 0) is 9.53 Å². The highest BCUT2D eigenvalue weighted by molar-refractivity contribution is 5.72. The molecule has 0 spiro atoms. The molecule has 0 aromatic heterocycles. The summed E-state index contributed by atoms with van der Waals surface area (Å²) in [7, 11) is 2.10. The van der Waals surface area contributed by atoms with Crippen molar-refractivity contribution >= 4 is 5.97 Å². The molecule has 0 radical (unpaired) electrons. The van der Waals surface area contributed by atoms with E-state index in [1.54, 1.807) is 6.92 Å². The van der Waals surface area contributed by atoms with Crippen LogP contribution in [-0.4, -0.2) is 47.8 Å². The Hall–Kier alpha value is -0.870. The maximum absolute atomic E-state index is 11.5. The van der Waals surface area contributed by atoms with Crippen molar-refractivity contribution in [3.8, 4) is 0 Å². The van der Waals surface area contributed by atoms with Crippen LogP contribution in [0.3, 0.4) is 0 Å². The first kappa shape index (κ1) is 11.6. The molecule has 3 unspecified atom stereocenters. The summed E-state index contributed by atoms with van der Waals surface area (Å²) in [5.41, 5.74) is 0. The normalized spacial score (nSPS) is 35.1. The van der Waals surface area contributed by atoms with Gasteiger partial charge in [-0.1, -0.05) is 12.2 Å². The first-order valence-electron chi connectivity index (χ1n) is 5.83. The van der Waals surface area contributed by atoms with Crippen molar-refractivity contribution < 1.29 is 14.6 Å². The number of rotatable bonds is 3. The molecule has 3 atom stereocenters. The predicted octanol–water partition coefficient (Wildman–Crippen LogP) is 0.559. The number of fused-ring (bicyclic) bond motifs is 2. The number of hydrogen-bond donors (Lipinski definition) is 1. The van der Waals surface area contributed by atoms with E-state index < -0.39 is 5.92 Å². The second kappa shape index (κ2) is 4.55. The lowest BCUT2D eigenvalue weighted by Crippen LogP contribution is -2.44. The number of carbonyl (C=O) groups excluding carboxylic acids is 1. The van der Waals surface area contributed by atoms with E-state index in [0.29, 0.717) is 12.1 Å². The molecule has 2 aliphatic heterocycles. The highest BCUT2D eigenvalue weighted by Crippen LogP contribution is 2.30. The molecule has 1 N–H and O–H groups in total. The molecule has 16 heavy (non-hydrogen) atoms. The largest absolute Gasteiger partial charge is 0.462 e. The third kappa shape index (κ3) is 2.13. The SMILES string of the molecule is CC(CO)C(=O)OC1CC2C=CC(C1)N2C. The van der Waals surface area contributed by atoms with Gasteiger partial charge < -0.3 is 9.84 Å². The summed E-state index contributed by atoms with van der Waals surface area (Å²) < 4.78 is 5.41. The Morgan fingerprint density at radius 3 is 2.56 bits per heavy atom. The van der Waals surface area contributed by atoms with Crippen LogP contribution in [0.15, 0.2) is 12.2 Å². The lowest BCUT2D eigenvalue weighted by atomic mass is 9.99. The van der Waals surface area contributed by atoms with Gasteiger partial charge in [-0.2, -0.15) is 0 Å². The maximum Gasteiger partial charge on any atom is 0.311 e. The molecule has 1 fully saturated rings. The topological polar surface area (TPSA) is 49.8 Å². The fourth-order valence-electron chi connectivity index (χ4n) is 2.35. The van der Waals surface area contributed by atoms with E-state index >= 15 is 0 Å². The minimum Gasteiger partial charge on any atom is -0.462 e. The average molecular weight is 225 g/mol. The maximum atomic E-state index is 11.5. The Morgan fingerprint density at radius 1 is 1.50 bits per heavy atom. The van der Waals surface area contributed by atoms with Gasteiger partial charge in [0.25, 0.3) is 0 Å². The third-order valence-corrected chi connectivity index (χ3v) is 3.57. The lowest BCUT2D eigenvalue weighted by Gasteiger charge is -2.36. The van der Waals surface area contributed by atoms with E-state index in [-0.39, 0.29) is 18.7 Å². The summed E-state index contributed by atoms with van der Waals surface area (Å²) >= 11 is 0. The Bertz CT molecular complexity index is 287. The minimum absolute atomic E-state index is 0.00250. The summed E-state index contributed by atoms with van der Waals surface area (Å²) in [5.74, 6) is -0.693. The Balaban J connectivity index is 1.88. The predicted molar refractivity (Wildman–Crippen MR) is 59.8 cm³/mol. The van der Waals surface area contributed by atoms with Gasteiger partial charge in [-0.25, -0.2) is 0 Å². The molecule has 0 aliphatic carbocycles. The van der Waals surface area contributed by atoms with E-state index in [1.807, 2.05) is 0 Å². The summed E-state index contributed by atoms with van der Waals surface area (Å²) in [4.78, 5) is 13.8. The van der Waals surface area contributed by atoms with E-state index in [0.717, 1.165) is 12.8 Å². The molecule has 2 bridgehead atoms. The first-order valence-corrected chi connectivity index (χ1v) is 5.83. The number of aliphatic hydroxyl groups is 1. The van der Waals surface area contributed by atoms with Crippen molar-refractivity contribution in [1.29, 1.82) is 0 Å². The van der Waals surface area contributed by atoms with Crippen LogP contribution in [0.4, 0.5) is 0 Å². The zero-order valence-electron chi connectivity index (χ0n) is 9.80. The Morgan fingerprint density at radius 2 is 2.06 bits per heavy atom. The van der Waals surface area contributed by atoms with Crippen molar-refractivity contribution in [3.63, 3.8) is 0 Å². The molecule has 0 aromatic rings. The molecule has 4 heteroatoms. The van der Waals surface area contributed by atoms with Crippen LogP contribution in [0.1, 0.15) is 19.8 Å². The van der Waals surface area contributed by atoms with Gasteiger partial charge in [0, 0.05) is 24.9 Å². The van der Waals surface area contributed by atoms with Crippen LogP contribution >= 0.6 is 0 Å². The number of esters is 1. The average Bonchev–Trinajstić information content (AvgIpc) is 2.52. The lowest BCUT2D eigenvalue weighted by molar-refractivity contribution is -0.157. The third-order valence-electron chi connectivity index (χ3n) is 3.57. The number of aliphatic hydroxyl groups excluding tert-OH is 1. The second-order valence-electron chi connectivity index (χ2n) is 4.80. The van der Waals surface area contributed by atoms with Crippen LogP contribution in [0.5, 0.6) is 0 Å². The molecule has 2 heterocycles. The monoisotopic (exact) mass is 225 g/mol. The smallest absolute Gasteiger partial charge is 0.311 e. The van der Waals surface area contributed by atoms with Gasteiger partial charge in [0.2, 0.25) is 0 Å². The van der Waals surface area contributed by atoms with Crippen LogP contribution in [0.25, 0.3) is 0 Å². The molecule has 90 valence electrons. The number of ether oxygens (including phenoxy) is 1. The standard InChI is InChI=1S/C12H19NO3/c1-8(7-14)12(15)16-11-5-9-3-4-10(6-11)13(9)2/h3-4,8-11,14H,5-7H2,1-2H3. The molecule has 0 saturated carbocycles. The zero-order chi connectivity index (χ0) is 11.7. The van der Waals surface area contributed by atoms with Crippen LogP contribution in [0.2, 0.25) is 0 Å². The van der Waals surface area contributed by atoms with E-state index in [9.17, 15) is 4.79 Å². The van der Waals surface area contributed by atoms with E-state index in [1.165, 1.54) is 0 Å². The van der Waals surface area contributed by atoms with E-state index in [4.69, 9.17) is 9.84 Å². The van der Waals surface area contributed by atoms with Crippen molar-refractivity contribution in [2.24, 2.45) is 5.92 Å². The number of carbonyl (C=O) groups is 1. The molecule has 0 amide bonds. The first-order chi connectivity index (χ1) is 7.61. The Labute approximate surface area is 95.9 Å². The Kier molecular flexibility index (Phi) is 3.30. The highest BCUT2D eigenvalue weighted by Gasteiger charge is 2.36. The number of nitrogens with zero attached hydrogens (tertiary/aromatic N) is 1. The summed E-state index contributed by atoms with van der Waals surface area (Å²) in [6, 6.07) is 0.807. The minimum atomic E-state index is -0.412. The number of piperidine rings is 1. The number of hydrogen-bond acceptors (Lipinski definition) is 4. The van der Waals surface area contributed by atoms with Gasteiger partial charge in [0.1, 0.15) is 6.10 Å². The van der Waals surface area contributed by atoms with Gasteiger partial charge in [0.05, 0.1) is 12.5 Å². The van der Waals surface area contributed by atoms with Gasteiger partial charge >= 0.3 is 5.97 Å².